The molecule has 0 spiro atoms. The standard InChI is InChI=1S/C16H24N4OS/c1-11-8-20(9-12(2)21-11)6-5-19(4)15-14-7-13(3)22-16(14)18-10-17-15/h7,10-12H,5-6,8-9H2,1-4H3/t11-,12+. The number of aryl methyl sites for hydroxylation is 1. The zero-order chi connectivity index (χ0) is 15.7. The Kier molecular flexibility index (Phi) is 4.61. The van der Waals surface area contributed by atoms with Gasteiger partial charge in [-0.25, -0.2) is 9.97 Å². The van der Waals surface area contributed by atoms with Crippen molar-refractivity contribution in [2.75, 3.05) is 38.1 Å². The lowest BCUT2D eigenvalue weighted by Crippen LogP contribution is -2.47. The summed E-state index contributed by atoms with van der Waals surface area (Å²) in [7, 11) is 2.11. The Morgan fingerprint density at radius 3 is 2.77 bits per heavy atom. The minimum absolute atomic E-state index is 0.319. The molecule has 0 unspecified atom stereocenters. The number of aromatic nitrogens is 2. The van der Waals surface area contributed by atoms with E-state index in [4.69, 9.17) is 4.74 Å². The molecule has 2 aromatic heterocycles. The molecule has 3 heterocycles. The van der Waals surface area contributed by atoms with Gasteiger partial charge in [0.15, 0.2) is 0 Å². The van der Waals surface area contributed by atoms with Crippen molar-refractivity contribution in [1.82, 2.24) is 14.9 Å². The van der Waals surface area contributed by atoms with Gasteiger partial charge in [-0.1, -0.05) is 0 Å². The highest BCUT2D eigenvalue weighted by Crippen LogP contribution is 2.29. The average Bonchev–Trinajstić information content (AvgIpc) is 2.83. The third-order valence-electron chi connectivity index (χ3n) is 4.04. The van der Waals surface area contributed by atoms with Gasteiger partial charge < -0.3 is 9.64 Å². The molecule has 0 aliphatic carbocycles. The number of likely N-dealkylation sites (N-methyl/N-ethyl adjacent to an activating group) is 1. The lowest BCUT2D eigenvalue weighted by Gasteiger charge is -2.36. The molecule has 1 aliphatic heterocycles. The number of morpholine rings is 1. The van der Waals surface area contributed by atoms with Gasteiger partial charge in [-0.3, -0.25) is 4.90 Å². The molecular formula is C16H24N4OS. The Balaban J connectivity index is 1.67. The zero-order valence-corrected chi connectivity index (χ0v) is 14.6. The minimum Gasteiger partial charge on any atom is -0.373 e. The van der Waals surface area contributed by atoms with Gasteiger partial charge in [0.25, 0.3) is 0 Å². The summed E-state index contributed by atoms with van der Waals surface area (Å²) in [6.45, 7) is 10.4. The SMILES string of the molecule is Cc1cc2c(N(C)CCN3C[C@@H](C)O[C@@H](C)C3)ncnc2s1. The Morgan fingerprint density at radius 1 is 1.32 bits per heavy atom. The van der Waals surface area contributed by atoms with Crippen LogP contribution in [-0.4, -0.2) is 60.3 Å². The van der Waals surface area contributed by atoms with Crippen LogP contribution in [0.1, 0.15) is 18.7 Å². The van der Waals surface area contributed by atoms with Crippen molar-refractivity contribution < 1.29 is 4.74 Å². The summed E-state index contributed by atoms with van der Waals surface area (Å²) in [5.41, 5.74) is 0. The highest BCUT2D eigenvalue weighted by atomic mass is 32.1. The summed E-state index contributed by atoms with van der Waals surface area (Å²) in [6, 6.07) is 2.19. The van der Waals surface area contributed by atoms with E-state index in [0.717, 1.165) is 42.2 Å². The zero-order valence-electron chi connectivity index (χ0n) is 13.7. The average molecular weight is 320 g/mol. The molecule has 2 aromatic rings. The number of rotatable bonds is 4. The third kappa shape index (κ3) is 3.39. The van der Waals surface area contributed by atoms with E-state index >= 15 is 0 Å². The first-order chi connectivity index (χ1) is 10.5. The van der Waals surface area contributed by atoms with Gasteiger partial charge in [-0.2, -0.15) is 0 Å². The second kappa shape index (κ2) is 6.48. The molecule has 1 aliphatic rings. The van der Waals surface area contributed by atoms with Crippen molar-refractivity contribution in [2.45, 2.75) is 33.0 Å². The van der Waals surface area contributed by atoms with E-state index in [-0.39, 0.29) is 0 Å². The normalized spacial score (nSPS) is 23.1. The first-order valence-corrected chi connectivity index (χ1v) is 8.64. The van der Waals surface area contributed by atoms with Crippen LogP contribution in [-0.2, 0) is 4.74 Å². The van der Waals surface area contributed by atoms with Crippen LogP contribution in [0.4, 0.5) is 5.82 Å². The molecule has 6 heteroatoms. The van der Waals surface area contributed by atoms with Gasteiger partial charge in [0.2, 0.25) is 0 Å². The Morgan fingerprint density at radius 2 is 2.05 bits per heavy atom. The monoisotopic (exact) mass is 320 g/mol. The van der Waals surface area contributed by atoms with Gasteiger partial charge in [-0.05, 0) is 26.8 Å². The molecule has 0 aromatic carbocycles. The van der Waals surface area contributed by atoms with Crippen LogP contribution in [0, 0.1) is 6.92 Å². The molecule has 2 atom stereocenters. The van der Waals surface area contributed by atoms with E-state index in [1.54, 1.807) is 17.7 Å². The molecule has 1 saturated heterocycles. The first kappa shape index (κ1) is 15.6. The Bertz CT molecular complexity index is 634. The molecule has 0 radical (unpaired) electrons. The van der Waals surface area contributed by atoms with E-state index in [0.29, 0.717) is 12.2 Å². The fourth-order valence-corrected chi connectivity index (χ4v) is 3.97. The summed E-state index contributed by atoms with van der Waals surface area (Å²) >= 11 is 1.73. The summed E-state index contributed by atoms with van der Waals surface area (Å²) in [4.78, 5) is 15.9. The molecule has 0 bridgehead atoms. The first-order valence-electron chi connectivity index (χ1n) is 7.83. The quantitative estimate of drug-likeness (QED) is 0.866. The maximum atomic E-state index is 5.79. The highest BCUT2D eigenvalue weighted by molar-refractivity contribution is 7.18. The minimum atomic E-state index is 0.319. The van der Waals surface area contributed by atoms with E-state index in [1.807, 2.05) is 0 Å². The van der Waals surface area contributed by atoms with E-state index < -0.39 is 0 Å². The number of fused-ring (bicyclic) bond motifs is 1. The van der Waals surface area contributed by atoms with E-state index in [2.05, 4.69) is 53.7 Å². The van der Waals surface area contributed by atoms with E-state index in [1.165, 1.54) is 4.88 Å². The molecule has 22 heavy (non-hydrogen) atoms. The molecule has 5 nitrogen and oxygen atoms in total. The number of nitrogens with zero attached hydrogens (tertiary/aromatic N) is 4. The molecule has 0 saturated carbocycles. The molecule has 0 N–H and O–H groups in total. The number of hydrogen-bond donors (Lipinski definition) is 0. The highest BCUT2D eigenvalue weighted by Gasteiger charge is 2.22. The molecular weight excluding hydrogens is 296 g/mol. The summed E-state index contributed by atoms with van der Waals surface area (Å²) in [6.07, 6.45) is 2.31. The molecule has 1 fully saturated rings. The van der Waals surface area contributed by atoms with Gasteiger partial charge in [0.05, 0.1) is 17.6 Å². The van der Waals surface area contributed by atoms with E-state index in [9.17, 15) is 0 Å². The fourth-order valence-electron chi connectivity index (χ4n) is 3.13. The van der Waals surface area contributed by atoms with Crippen LogP contribution < -0.4 is 4.90 Å². The fraction of sp³-hybridized carbons (Fsp3) is 0.625. The van der Waals surface area contributed by atoms with Gasteiger partial charge in [-0.15, -0.1) is 11.3 Å². The molecule has 0 amide bonds. The predicted octanol–water partition coefficient (Wildman–Crippen LogP) is 2.55. The second-order valence-electron chi connectivity index (χ2n) is 6.21. The summed E-state index contributed by atoms with van der Waals surface area (Å²) in [5.74, 6) is 1.03. The van der Waals surface area contributed by atoms with Crippen molar-refractivity contribution in [1.29, 1.82) is 0 Å². The number of hydrogen-bond acceptors (Lipinski definition) is 6. The van der Waals surface area contributed by atoms with Crippen molar-refractivity contribution >= 4 is 27.4 Å². The number of thiophene rings is 1. The maximum Gasteiger partial charge on any atom is 0.140 e. The lowest BCUT2D eigenvalue weighted by molar-refractivity contribution is -0.0670. The Labute approximate surface area is 135 Å². The topological polar surface area (TPSA) is 41.5 Å². The van der Waals surface area contributed by atoms with Crippen molar-refractivity contribution in [3.05, 3.63) is 17.3 Å². The van der Waals surface area contributed by atoms with Crippen LogP contribution in [0.15, 0.2) is 12.4 Å². The Hall–Kier alpha value is -1.24. The van der Waals surface area contributed by atoms with Crippen LogP contribution >= 0.6 is 11.3 Å². The summed E-state index contributed by atoms with van der Waals surface area (Å²) < 4.78 is 5.79. The number of ether oxygens (including phenoxy) is 1. The van der Waals surface area contributed by atoms with Crippen LogP contribution in [0.3, 0.4) is 0 Å². The molecule has 120 valence electrons. The van der Waals surface area contributed by atoms with Crippen molar-refractivity contribution in [3.8, 4) is 0 Å². The third-order valence-corrected chi connectivity index (χ3v) is 5.00. The smallest absolute Gasteiger partial charge is 0.140 e. The van der Waals surface area contributed by atoms with Gasteiger partial charge >= 0.3 is 0 Å². The maximum absolute atomic E-state index is 5.79. The van der Waals surface area contributed by atoms with Crippen LogP contribution in [0.5, 0.6) is 0 Å². The van der Waals surface area contributed by atoms with Gasteiger partial charge in [0, 0.05) is 38.1 Å². The van der Waals surface area contributed by atoms with Gasteiger partial charge in [0.1, 0.15) is 17.0 Å². The number of anilines is 1. The second-order valence-corrected chi connectivity index (χ2v) is 7.45. The predicted molar refractivity (Wildman–Crippen MR) is 91.9 cm³/mol. The van der Waals surface area contributed by atoms with Crippen LogP contribution in [0.2, 0.25) is 0 Å². The van der Waals surface area contributed by atoms with Crippen molar-refractivity contribution in [2.24, 2.45) is 0 Å². The lowest BCUT2D eigenvalue weighted by atomic mass is 10.2. The largest absolute Gasteiger partial charge is 0.373 e. The van der Waals surface area contributed by atoms with Crippen molar-refractivity contribution in [3.63, 3.8) is 0 Å². The van der Waals surface area contributed by atoms with Crippen LogP contribution in [0.25, 0.3) is 10.2 Å². The summed E-state index contributed by atoms with van der Waals surface area (Å²) in [5, 5.41) is 1.16. The molecule has 3 rings (SSSR count).